The molecular formula is C17H33NO4. The molecule has 0 aromatic carbocycles. The first-order valence-electron chi connectivity index (χ1n) is 8.35. The summed E-state index contributed by atoms with van der Waals surface area (Å²) in [5, 5.41) is 3.09. The van der Waals surface area contributed by atoms with Crippen molar-refractivity contribution in [2.24, 2.45) is 17.8 Å². The predicted molar refractivity (Wildman–Crippen MR) is 87.5 cm³/mol. The van der Waals surface area contributed by atoms with Gasteiger partial charge in [0.15, 0.2) is 0 Å². The lowest BCUT2D eigenvalue weighted by atomic mass is 9.99. The molecule has 0 spiro atoms. The number of hydrogen-bond acceptors (Lipinski definition) is 5. The van der Waals surface area contributed by atoms with Crippen LogP contribution in [0.2, 0.25) is 0 Å². The molecule has 0 fully saturated rings. The minimum atomic E-state index is -0.149. The highest BCUT2D eigenvalue weighted by Gasteiger charge is 2.15. The molecule has 0 aromatic rings. The van der Waals surface area contributed by atoms with Crippen LogP contribution < -0.4 is 5.32 Å². The van der Waals surface area contributed by atoms with E-state index in [0.29, 0.717) is 44.6 Å². The zero-order chi connectivity index (χ0) is 17.0. The van der Waals surface area contributed by atoms with Gasteiger partial charge in [0.2, 0.25) is 0 Å². The van der Waals surface area contributed by atoms with E-state index in [1.807, 2.05) is 6.92 Å². The molecule has 0 aliphatic rings. The molecule has 0 aromatic heterocycles. The van der Waals surface area contributed by atoms with Gasteiger partial charge < -0.3 is 14.8 Å². The summed E-state index contributed by atoms with van der Waals surface area (Å²) < 4.78 is 10.3. The summed E-state index contributed by atoms with van der Waals surface area (Å²) in [7, 11) is 0. The molecule has 0 rings (SSSR count). The van der Waals surface area contributed by atoms with Crippen molar-refractivity contribution in [2.75, 3.05) is 26.3 Å². The van der Waals surface area contributed by atoms with Gasteiger partial charge in [0, 0.05) is 19.5 Å². The van der Waals surface area contributed by atoms with Crippen molar-refractivity contribution in [3.63, 3.8) is 0 Å². The van der Waals surface area contributed by atoms with E-state index in [9.17, 15) is 9.59 Å². The molecule has 22 heavy (non-hydrogen) atoms. The van der Waals surface area contributed by atoms with Gasteiger partial charge in [-0.1, -0.05) is 34.6 Å². The lowest BCUT2D eigenvalue weighted by Crippen LogP contribution is -2.27. The van der Waals surface area contributed by atoms with Gasteiger partial charge in [0.05, 0.1) is 5.92 Å². The van der Waals surface area contributed by atoms with Gasteiger partial charge in [-0.05, 0) is 24.7 Å². The highest BCUT2D eigenvalue weighted by molar-refractivity contribution is 5.71. The van der Waals surface area contributed by atoms with Crippen molar-refractivity contribution in [3.05, 3.63) is 0 Å². The van der Waals surface area contributed by atoms with Gasteiger partial charge in [-0.25, -0.2) is 0 Å². The summed E-state index contributed by atoms with van der Waals surface area (Å²) >= 11 is 0. The molecule has 0 radical (unpaired) electrons. The first kappa shape index (κ1) is 20.9. The molecule has 130 valence electrons. The van der Waals surface area contributed by atoms with Crippen LogP contribution in [0.25, 0.3) is 0 Å². The van der Waals surface area contributed by atoms with Crippen LogP contribution in [0.5, 0.6) is 0 Å². The SMILES string of the molecule is CC(C)CCC(=O)OCCNCCOC(=O)C(C)CC(C)C. The summed E-state index contributed by atoms with van der Waals surface area (Å²) in [6.45, 7) is 12.1. The van der Waals surface area contributed by atoms with E-state index in [-0.39, 0.29) is 17.9 Å². The van der Waals surface area contributed by atoms with Crippen molar-refractivity contribution in [3.8, 4) is 0 Å². The Hall–Kier alpha value is -1.10. The Balaban J connectivity index is 3.47. The van der Waals surface area contributed by atoms with E-state index in [0.717, 1.165) is 12.8 Å². The number of esters is 2. The summed E-state index contributed by atoms with van der Waals surface area (Å²) in [5.74, 6) is 0.659. The maximum absolute atomic E-state index is 11.7. The third-order valence-electron chi connectivity index (χ3n) is 3.22. The monoisotopic (exact) mass is 315 g/mol. The fourth-order valence-corrected chi connectivity index (χ4v) is 2.01. The lowest BCUT2D eigenvalue weighted by molar-refractivity contribution is -0.148. The van der Waals surface area contributed by atoms with Gasteiger partial charge in [0.1, 0.15) is 13.2 Å². The van der Waals surface area contributed by atoms with Crippen LogP contribution in [0.15, 0.2) is 0 Å². The predicted octanol–water partition coefficient (Wildman–Crippen LogP) is 2.78. The van der Waals surface area contributed by atoms with Gasteiger partial charge in [0.25, 0.3) is 0 Å². The minimum Gasteiger partial charge on any atom is -0.464 e. The Morgan fingerprint density at radius 2 is 1.50 bits per heavy atom. The van der Waals surface area contributed by atoms with Crippen molar-refractivity contribution in [1.29, 1.82) is 0 Å². The van der Waals surface area contributed by atoms with Crippen molar-refractivity contribution >= 4 is 11.9 Å². The van der Waals surface area contributed by atoms with Crippen LogP contribution in [-0.2, 0) is 19.1 Å². The fourth-order valence-electron chi connectivity index (χ4n) is 2.01. The average molecular weight is 315 g/mol. The molecule has 0 saturated carbocycles. The standard InChI is InChI=1S/C17H33NO4/c1-13(2)6-7-16(19)21-10-8-18-9-11-22-17(20)15(5)12-14(3)4/h13-15,18H,6-12H2,1-5H3. The zero-order valence-electron chi connectivity index (χ0n) is 14.8. The maximum Gasteiger partial charge on any atom is 0.308 e. The van der Waals surface area contributed by atoms with E-state index < -0.39 is 0 Å². The molecule has 1 atom stereocenters. The summed E-state index contributed by atoms with van der Waals surface area (Å²) in [4.78, 5) is 23.0. The quantitative estimate of drug-likeness (QED) is 0.443. The minimum absolute atomic E-state index is 0.0538. The van der Waals surface area contributed by atoms with Crippen LogP contribution in [0.3, 0.4) is 0 Å². The number of carbonyl (C=O) groups excluding carboxylic acids is 2. The Morgan fingerprint density at radius 3 is 2.05 bits per heavy atom. The van der Waals surface area contributed by atoms with Crippen LogP contribution in [0, 0.1) is 17.8 Å². The van der Waals surface area contributed by atoms with Gasteiger partial charge in [-0.2, -0.15) is 0 Å². The second kappa shape index (κ2) is 12.4. The first-order chi connectivity index (χ1) is 10.3. The van der Waals surface area contributed by atoms with E-state index in [2.05, 4.69) is 33.0 Å². The van der Waals surface area contributed by atoms with E-state index in [4.69, 9.17) is 9.47 Å². The summed E-state index contributed by atoms with van der Waals surface area (Å²) in [6, 6.07) is 0. The van der Waals surface area contributed by atoms with E-state index in [1.54, 1.807) is 0 Å². The first-order valence-corrected chi connectivity index (χ1v) is 8.35. The highest BCUT2D eigenvalue weighted by Crippen LogP contribution is 2.12. The van der Waals surface area contributed by atoms with Crippen LogP contribution >= 0.6 is 0 Å². The fraction of sp³-hybridized carbons (Fsp3) is 0.882. The topological polar surface area (TPSA) is 64.6 Å². The Kier molecular flexibility index (Phi) is 11.8. The summed E-state index contributed by atoms with van der Waals surface area (Å²) in [6.07, 6.45) is 2.18. The normalized spacial score (nSPS) is 12.5. The van der Waals surface area contributed by atoms with Crippen molar-refractivity contribution in [1.82, 2.24) is 5.32 Å². The number of carbonyl (C=O) groups is 2. The average Bonchev–Trinajstić information content (AvgIpc) is 2.42. The van der Waals surface area contributed by atoms with Gasteiger partial charge >= 0.3 is 11.9 Å². The number of hydrogen-bond donors (Lipinski definition) is 1. The highest BCUT2D eigenvalue weighted by atomic mass is 16.5. The van der Waals surface area contributed by atoms with E-state index in [1.165, 1.54) is 0 Å². The largest absolute Gasteiger partial charge is 0.464 e. The van der Waals surface area contributed by atoms with Crippen LogP contribution in [0.4, 0.5) is 0 Å². The lowest BCUT2D eigenvalue weighted by Gasteiger charge is -2.13. The molecule has 0 bridgehead atoms. The van der Waals surface area contributed by atoms with Crippen LogP contribution in [-0.4, -0.2) is 38.2 Å². The molecule has 5 heteroatoms. The van der Waals surface area contributed by atoms with Gasteiger partial charge in [-0.3, -0.25) is 9.59 Å². The second-order valence-electron chi connectivity index (χ2n) is 6.60. The Labute approximate surface area is 135 Å². The third kappa shape index (κ3) is 12.6. The molecule has 0 amide bonds. The molecular weight excluding hydrogens is 282 g/mol. The summed E-state index contributed by atoms with van der Waals surface area (Å²) in [5.41, 5.74) is 0. The molecule has 0 saturated heterocycles. The van der Waals surface area contributed by atoms with Crippen LogP contribution in [0.1, 0.15) is 53.9 Å². The number of nitrogens with one attached hydrogen (secondary N) is 1. The number of rotatable bonds is 12. The smallest absolute Gasteiger partial charge is 0.308 e. The Morgan fingerprint density at radius 1 is 0.909 bits per heavy atom. The van der Waals surface area contributed by atoms with Gasteiger partial charge in [-0.15, -0.1) is 0 Å². The molecule has 0 aliphatic heterocycles. The maximum atomic E-state index is 11.7. The molecule has 0 heterocycles. The van der Waals surface area contributed by atoms with E-state index >= 15 is 0 Å². The third-order valence-corrected chi connectivity index (χ3v) is 3.22. The van der Waals surface area contributed by atoms with Crippen molar-refractivity contribution < 1.29 is 19.1 Å². The molecule has 1 unspecified atom stereocenters. The molecule has 1 N–H and O–H groups in total. The van der Waals surface area contributed by atoms with Crippen molar-refractivity contribution in [2.45, 2.75) is 53.9 Å². The molecule has 0 aliphatic carbocycles. The second-order valence-corrected chi connectivity index (χ2v) is 6.60. The Bertz CT molecular complexity index is 316. The zero-order valence-corrected chi connectivity index (χ0v) is 14.8. The molecule has 5 nitrogen and oxygen atoms in total. The number of ether oxygens (including phenoxy) is 2.